The molecule has 4 rings (SSSR count). The van der Waals surface area contributed by atoms with Gasteiger partial charge in [-0.2, -0.15) is 0 Å². The van der Waals surface area contributed by atoms with E-state index in [0.29, 0.717) is 5.92 Å². The van der Waals surface area contributed by atoms with Crippen LogP contribution >= 0.6 is 11.3 Å². The Balaban J connectivity index is 1.50. The lowest BCUT2D eigenvalue weighted by Gasteiger charge is -2.03. The van der Waals surface area contributed by atoms with Crippen LogP contribution in [0.5, 0.6) is 0 Å². The Bertz CT molecular complexity index is 1030. The number of fused-ring (bicyclic) bond motifs is 2. The Morgan fingerprint density at radius 2 is 2.12 bits per heavy atom. The Kier molecular flexibility index (Phi) is 3.97. The van der Waals surface area contributed by atoms with E-state index in [-0.39, 0.29) is 12.3 Å². The molecular formula is C19H18N4OS. The number of rotatable bonds is 4. The topological polar surface area (TPSA) is 59.3 Å². The number of hydrogen-bond donors (Lipinski definition) is 1. The predicted molar refractivity (Wildman–Crippen MR) is 101 cm³/mol. The summed E-state index contributed by atoms with van der Waals surface area (Å²) in [6.45, 7) is 4.27. The highest BCUT2D eigenvalue weighted by Crippen LogP contribution is 2.29. The van der Waals surface area contributed by atoms with Crippen LogP contribution in [0.4, 0.5) is 5.69 Å². The van der Waals surface area contributed by atoms with Crippen molar-refractivity contribution < 1.29 is 4.79 Å². The van der Waals surface area contributed by atoms with Crippen molar-refractivity contribution in [1.82, 2.24) is 14.4 Å². The van der Waals surface area contributed by atoms with Crippen molar-refractivity contribution in [3.05, 3.63) is 59.5 Å². The molecular weight excluding hydrogens is 332 g/mol. The molecule has 25 heavy (non-hydrogen) atoms. The third kappa shape index (κ3) is 3.25. The molecule has 4 aromatic rings. The van der Waals surface area contributed by atoms with Crippen LogP contribution in [0, 0.1) is 0 Å². The van der Waals surface area contributed by atoms with Gasteiger partial charge in [0, 0.05) is 24.0 Å². The lowest BCUT2D eigenvalue weighted by molar-refractivity contribution is -0.115. The van der Waals surface area contributed by atoms with Gasteiger partial charge < -0.3 is 9.72 Å². The van der Waals surface area contributed by atoms with Crippen molar-refractivity contribution in [2.24, 2.45) is 0 Å². The number of hydrogen-bond acceptors (Lipinski definition) is 4. The normalized spacial score (nSPS) is 11.5. The summed E-state index contributed by atoms with van der Waals surface area (Å²) in [5, 5.41) is 4.07. The van der Waals surface area contributed by atoms with Gasteiger partial charge in [-0.15, -0.1) is 11.3 Å². The van der Waals surface area contributed by atoms with E-state index in [4.69, 9.17) is 0 Å². The van der Waals surface area contributed by atoms with Crippen LogP contribution in [0.15, 0.2) is 48.8 Å². The minimum absolute atomic E-state index is 0.0728. The highest BCUT2D eigenvalue weighted by Gasteiger charge is 2.11. The summed E-state index contributed by atoms with van der Waals surface area (Å²) in [6.07, 6.45) is 4.06. The van der Waals surface area contributed by atoms with Gasteiger partial charge in [0.1, 0.15) is 5.65 Å². The van der Waals surface area contributed by atoms with Gasteiger partial charge >= 0.3 is 0 Å². The molecule has 6 heteroatoms. The van der Waals surface area contributed by atoms with Gasteiger partial charge in [0.25, 0.3) is 0 Å². The van der Waals surface area contributed by atoms with Crippen molar-refractivity contribution in [3.8, 4) is 0 Å². The monoisotopic (exact) mass is 350 g/mol. The third-order valence-corrected chi connectivity index (χ3v) is 5.26. The summed E-state index contributed by atoms with van der Waals surface area (Å²) in [5.74, 6) is 0.335. The molecule has 0 aliphatic carbocycles. The van der Waals surface area contributed by atoms with E-state index in [1.165, 1.54) is 0 Å². The molecule has 0 atom stereocenters. The van der Waals surface area contributed by atoms with Crippen LogP contribution in [0.1, 0.15) is 30.5 Å². The van der Waals surface area contributed by atoms with E-state index in [2.05, 4.69) is 29.1 Å². The zero-order chi connectivity index (χ0) is 17.4. The van der Waals surface area contributed by atoms with Crippen LogP contribution in [0.25, 0.3) is 15.9 Å². The number of amides is 1. The van der Waals surface area contributed by atoms with E-state index >= 15 is 0 Å². The highest BCUT2D eigenvalue weighted by atomic mass is 32.1. The van der Waals surface area contributed by atoms with Gasteiger partial charge in [0.15, 0.2) is 0 Å². The van der Waals surface area contributed by atoms with Gasteiger partial charge in [-0.1, -0.05) is 19.9 Å². The number of anilines is 1. The summed E-state index contributed by atoms with van der Waals surface area (Å²) in [5.41, 5.74) is 3.37. The second-order valence-electron chi connectivity index (χ2n) is 6.31. The second-order valence-corrected chi connectivity index (χ2v) is 7.37. The maximum absolute atomic E-state index is 12.3. The first-order valence-corrected chi connectivity index (χ1v) is 9.03. The molecule has 3 aromatic heterocycles. The average Bonchev–Trinajstić information content (AvgIpc) is 3.17. The van der Waals surface area contributed by atoms with Gasteiger partial charge in [-0.25, -0.2) is 9.97 Å². The van der Waals surface area contributed by atoms with Gasteiger partial charge in [0.2, 0.25) is 5.91 Å². The molecule has 1 aromatic carbocycles. The molecule has 1 N–H and O–H groups in total. The van der Waals surface area contributed by atoms with Crippen LogP contribution in [-0.4, -0.2) is 20.3 Å². The Morgan fingerprint density at radius 3 is 2.92 bits per heavy atom. The number of imidazole rings is 1. The highest BCUT2D eigenvalue weighted by molar-refractivity contribution is 7.18. The molecule has 1 amide bonds. The Labute approximate surface area is 149 Å². The predicted octanol–water partition coefficient (Wildman–Crippen LogP) is 4.25. The number of benzene rings is 1. The molecule has 0 bridgehead atoms. The molecule has 5 nitrogen and oxygen atoms in total. The van der Waals surface area contributed by atoms with Crippen molar-refractivity contribution in [2.75, 3.05) is 5.32 Å². The SMILES string of the molecule is CC(C)c1nc2ccc(NC(=O)Cc3cn4ccccc4n3)cc2s1. The molecule has 0 saturated carbocycles. The first kappa shape index (κ1) is 15.8. The smallest absolute Gasteiger partial charge is 0.230 e. The fourth-order valence-electron chi connectivity index (χ4n) is 2.71. The number of carbonyl (C=O) groups excluding carboxylic acids is 1. The Hall–Kier alpha value is -2.73. The average molecular weight is 350 g/mol. The first-order valence-electron chi connectivity index (χ1n) is 8.21. The van der Waals surface area contributed by atoms with Gasteiger partial charge in [0.05, 0.1) is 27.3 Å². The summed E-state index contributed by atoms with van der Waals surface area (Å²) in [4.78, 5) is 21.4. The number of nitrogens with one attached hydrogen (secondary N) is 1. The van der Waals surface area contributed by atoms with Crippen LogP contribution in [0.3, 0.4) is 0 Å². The van der Waals surface area contributed by atoms with E-state index in [1.54, 1.807) is 11.3 Å². The minimum atomic E-state index is -0.0728. The van der Waals surface area contributed by atoms with Crippen LogP contribution in [-0.2, 0) is 11.2 Å². The van der Waals surface area contributed by atoms with E-state index in [0.717, 1.165) is 32.3 Å². The van der Waals surface area contributed by atoms with Gasteiger partial charge in [-0.05, 0) is 30.3 Å². The van der Waals surface area contributed by atoms with E-state index < -0.39 is 0 Å². The van der Waals surface area contributed by atoms with E-state index in [9.17, 15) is 4.79 Å². The molecule has 3 heterocycles. The summed E-state index contributed by atoms with van der Waals surface area (Å²) >= 11 is 1.68. The second kappa shape index (κ2) is 6.29. The quantitative estimate of drug-likeness (QED) is 0.598. The summed E-state index contributed by atoms with van der Waals surface area (Å²) in [7, 11) is 0. The maximum atomic E-state index is 12.3. The number of carbonyl (C=O) groups is 1. The molecule has 0 fully saturated rings. The largest absolute Gasteiger partial charge is 0.326 e. The number of aromatic nitrogens is 3. The number of nitrogens with zero attached hydrogens (tertiary/aromatic N) is 3. The van der Waals surface area contributed by atoms with Crippen molar-refractivity contribution in [3.63, 3.8) is 0 Å². The lowest BCUT2D eigenvalue weighted by Crippen LogP contribution is -2.14. The third-order valence-electron chi connectivity index (χ3n) is 3.94. The Morgan fingerprint density at radius 1 is 1.24 bits per heavy atom. The van der Waals surface area contributed by atoms with E-state index in [1.807, 2.05) is 53.2 Å². The van der Waals surface area contributed by atoms with Crippen LogP contribution < -0.4 is 5.32 Å². The molecule has 0 saturated heterocycles. The summed E-state index contributed by atoms with van der Waals surface area (Å²) in [6, 6.07) is 11.6. The molecule has 0 aliphatic rings. The fourth-order valence-corrected chi connectivity index (χ4v) is 3.72. The zero-order valence-electron chi connectivity index (χ0n) is 14.1. The maximum Gasteiger partial charge on any atom is 0.230 e. The standard InChI is InChI=1S/C19H18N4OS/c1-12(2)19-22-15-7-6-13(9-16(15)25-19)21-18(24)10-14-11-23-8-4-3-5-17(23)20-14/h3-9,11-12H,10H2,1-2H3,(H,21,24). The lowest BCUT2D eigenvalue weighted by atomic mass is 10.2. The van der Waals surface area contributed by atoms with Crippen molar-refractivity contribution in [2.45, 2.75) is 26.2 Å². The van der Waals surface area contributed by atoms with Crippen LogP contribution in [0.2, 0.25) is 0 Å². The molecule has 0 unspecified atom stereocenters. The first-order chi connectivity index (χ1) is 12.1. The molecule has 0 aliphatic heterocycles. The number of thiazole rings is 1. The zero-order valence-corrected chi connectivity index (χ0v) is 14.9. The van der Waals surface area contributed by atoms with Gasteiger partial charge in [-0.3, -0.25) is 4.79 Å². The van der Waals surface area contributed by atoms with Crippen molar-refractivity contribution >= 4 is 38.8 Å². The molecule has 0 spiro atoms. The molecule has 0 radical (unpaired) electrons. The number of pyridine rings is 1. The molecule has 126 valence electrons. The minimum Gasteiger partial charge on any atom is -0.326 e. The van der Waals surface area contributed by atoms with Crippen molar-refractivity contribution in [1.29, 1.82) is 0 Å². The fraction of sp³-hybridized carbons (Fsp3) is 0.211. The summed E-state index contributed by atoms with van der Waals surface area (Å²) < 4.78 is 3.01.